The first-order valence-corrected chi connectivity index (χ1v) is 10.1. The maximum atomic E-state index is 12.4. The summed E-state index contributed by atoms with van der Waals surface area (Å²) in [7, 11) is -2.97. The summed E-state index contributed by atoms with van der Waals surface area (Å²) >= 11 is 0. The number of hydrogen-bond donors (Lipinski definition) is 1. The molecule has 3 aliphatic carbocycles. The Bertz CT molecular complexity index is 498. The van der Waals surface area contributed by atoms with Crippen LogP contribution in [0.5, 0.6) is 0 Å². The Labute approximate surface area is 127 Å². The second kappa shape index (κ2) is 5.56. The zero-order valence-electron chi connectivity index (χ0n) is 12.7. The van der Waals surface area contributed by atoms with E-state index in [-0.39, 0.29) is 11.2 Å². The largest absolute Gasteiger partial charge is 0.369 e. The number of carbonyl (C=O) groups excluding carboxylic acids is 1. The molecule has 0 spiro atoms. The summed E-state index contributed by atoms with van der Waals surface area (Å²) in [5, 5.41) is -0.230. The lowest BCUT2D eigenvalue weighted by Crippen LogP contribution is -2.43. The highest BCUT2D eigenvalue weighted by Crippen LogP contribution is 2.46. The van der Waals surface area contributed by atoms with Crippen molar-refractivity contribution in [2.24, 2.45) is 23.0 Å². The maximum Gasteiger partial charge on any atom is 0.223 e. The first-order chi connectivity index (χ1) is 9.91. The van der Waals surface area contributed by atoms with Crippen LogP contribution in [0.25, 0.3) is 0 Å². The molecule has 0 aliphatic heterocycles. The predicted octanol–water partition coefficient (Wildman–Crippen LogP) is 2.42. The van der Waals surface area contributed by atoms with Crippen molar-refractivity contribution in [2.45, 2.75) is 69.5 Å². The molecule has 3 rings (SSSR count). The van der Waals surface area contributed by atoms with Gasteiger partial charge < -0.3 is 5.73 Å². The SMILES string of the molecule is NC(=O)C1(CCC2CC2)CCC(S(=O)(=O)CC2CC2)CC1. The first kappa shape index (κ1) is 15.3. The van der Waals surface area contributed by atoms with Crippen LogP contribution in [0.1, 0.15) is 64.2 Å². The van der Waals surface area contributed by atoms with E-state index in [9.17, 15) is 13.2 Å². The summed E-state index contributed by atoms with van der Waals surface area (Å²) in [5.41, 5.74) is 5.24. The Morgan fingerprint density at radius 1 is 1.00 bits per heavy atom. The van der Waals surface area contributed by atoms with E-state index in [1.807, 2.05) is 0 Å². The molecule has 0 aromatic carbocycles. The van der Waals surface area contributed by atoms with Gasteiger partial charge in [0.25, 0.3) is 0 Å². The Morgan fingerprint density at radius 3 is 2.05 bits per heavy atom. The van der Waals surface area contributed by atoms with Crippen LogP contribution >= 0.6 is 0 Å². The van der Waals surface area contributed by atoms with Crippen molar-refractivity contribution in [2.75, 3.05) is 5.75 Å². The van der Waals surface area contributed by atoms with Gasteiger partial charge in [-0.3, -0.25) is 4.79 Å². The Hall–Kier alpha value is -0.580. The number of carbonyl (C=O) groups is 1. The van der Waals surface area contributed by atoms with E-state index in [1.54, 1.807) is 0 Å². The Balaban J connectivity index is 1.59. The van der Waals surface area contributed by atoms with E-state index in [1.165, 1.54) is 12.8 Å². The third-order valence-corrected chi connectivity index (χ3v) is 8.24. The molecule has 21 heavy (non-hydrogen) atoms. The van der Waals surface area contributed by atoms with Crippen LogP contribution in [0.2, 0.25) is 0 Å². The molecule has 0 heterocycles. The minimum absolute atomic E-state index is 0.207. The zero-order chi connectivity index (χ0) is 15.1. The third kappa shape index (κ3) is 3.61. The number of primary amides is 1. The topological polar surface area (TPSA) is 77.2 Å². The third-order valence-electron chi connectivity index (χ3n) is 5.81. The second-order valence-corrected chi connectivity index (χ2v) is 9.92. The maximum absolute atomic E-state index is 12.4. The number of rotatable bonds is 7. The van der Waals surface area contributed by atoms with Crippen molar-refractivity contribution in [1.29, 1.82) is 0 Å². The van der Waals surface area contributed by atoms with Crippen LogP contribution in [0.3, 0.4) is 0 Å². The van der Waals surface area contributed by atoms with E-state index >= 15 is 0 Å². The van der Waals surface area contributed by atoms with Gasteiger partial charge in [0, 0.05) is 5.41 Å². The quantitative estimate of drug-likeness (QED) is 0.784. The fraction of sp³-hybridized carbons (Fsp3) is 0.938. The highest BCUT2D eigenvalue weighted by atomic mass is 32.2. The average molecular weight is 313 g/mol. The highest BCUT2D eigenvalue weighted by molar-refractivity contribution is 7.92. The average Bonchev–Trinajstić information content (AvgIpc) is 3.31. The van der Waals surface area contributed by atoms with Crippen LogP contribution in [0, 0.1) is 17.3 Å². The summed E-state index contributed by atoms with van der Waals surface area (Å²) in [4.78, 5) is 11.9. The number of sulfone groups is 1. The molecule has 4 nitrogen and oxygen atoms in total. The van der Waals surface area contributed by atoms with Crippen LogP contribution in [-0.4, -0.2) is 25.3 Å². The summed E-state index contributed by atoms with van der Waals surface area (Å²) in [6.45, 7) is 0. The predicted molar refractivity (Wildman–Crippen MR) is 82.4 cm³/mol. The van der Waals surface area contributed by atoms with E-state index in [4.69, 9.17) is 5.73 Å². The lowest BCUT2D eigenvalue weighted by atomic mass is 9.70. The highest BCUT2D eigenvalue weighted by Gasteiger charge is 2.44. The fourth-order valence-corrected chi connectivity index (χ4v) is 5.98. The molecule has 5 heteroatoms. The van der Waals surface area contributed by atoms with Crippen LogP contribution < -0.4 is 5.73 Å². The van der Waals surface area contributed by atoms with Gasteiger partial charge in [0.15, 0.2) is 9.84 Å². The van der Waals surface area contributed by atoms with Gasteiger partial charge in [-0.25, -0.2) is 8.42 Å². The molecular formula is C16H27NO3S. The van der Waals surface area contributed by atoms with E-state index in [2.05, 4.69) is 0 Å². The summed E-state index contributed by atoms with van der Waals surface area (Å²) in [6.07, 6.45) is 9.25. The molecule has 3 fully saturated rings. The van der Waals surface area contributed by atoms with E-state index in [0.29, 0.717) is 37.4 Å². The molecule has 0 aromatic heterocycles. The first-order valence-electron chi connectivity index (χ1n) is 8.43. The summed E-state index contributed by atoms with van der Waals surface area (Å²) < 4.78 is 24.8. The molecule has 1 amide bonds. The Morgan fingerprint density at radius 2 is 1.57 bits per heavy atom. The van der Waals surface area contributed by atoms with Gasteiger partial charge in [-0.2, -0.15) is 0 Å². The van der Waals surface area contributed by atoms with Gasteiger partial charge in [-0.1, -0.05) is 12.8 Å². The molecule has 0 bridgehead atoms. The minimum atomic E-state index is -2.97. The fourth-order valence-electron chi connectivity index (χ4n) is 3.76. The normalized spacial score (nSPS) is 33.8. The van der Waals surface area contributed by atoms with Crippen molar-refractivity contribution < 1.29 is 13.2 Å². The molecule has 0 unspecified atom stereocenters. The van der Waals surface area contributed by atoms with Gasteiger partial charge >= 0.3 is 0 Å². The van der Waals surface area contributed by atoms with Gasteiger partial charge in [-0.15, -0.1) is 0 Å². The summed E-state index contributed by atoms with van der Waals surface area (Å²) in [5.74, 6) is 1.36. The molecule has 0 atom stereocenters. The van der Waals surface area contributed by atoms with Gasteiger partial charge in [0.05, 0.1) is 11.0 Å². The molecule has 3 aliphatic rings. The zero-order valence-corrected chi connectivity index (χ0v) is 13.5. The van der Waals surface area contributed by atoms with Crippen molar-refractivity contribution in [3.8, 4) is 0 Å². The van der Waals surface area contributed by atoms with Crippen molar-refractivity contribution in [3.05, 3.63) is 0 Å². The smallest absolute Gasteiger partial charge is 0.223 e. The monoisotopic (exact) mass is 313 g/mol. The molecule has 3 saturated carbocycles. The Kier molecular flexibility index (Phi) is 4.06. The molecular weight excluding hydrogens is 286 g/mol. The van der Waals surface area contributed by atoms with Crippen LogP contribution in [0.15, 0.2) is 0 Å². The molecule has 120 valence electrons. The molecule has 0 saturated heterocycles. The minimum Gasteiger partial charge on any atom is -0.369 e. The van der Waals surface area contributed by atoms with Crippen molar-refractivity contribution in [1.82, 2.24) is 0 Å². The molecule has 2 N–H and O–H groups in total. The van der Waals surface area contributed by atoms with E-state index < -0.39 is 15.3 Å². The summed E-state index contributed by atoms with van der Waals surface area (Å²) in [6, 6.07) is 0. The van der Waals surface area contributed by atoms with Gasteiger partial charge in [0.1, 0.15) is 0 Å². The van der Waals surface area contributed by atoms with E-state index in [0.717, 1.165) is 31.6 Å². The second-order valence-electron chi connectivity index (χ2n) is 7.60. The van der Waals surface area contributed by atoms with Crippen molar-refractivity contribution >= 4 is 15.7 Å². The molecule has 0 aromatic rings. The lowest BCUT2D eigenvalue weighted by Gasteiger charge is -2.37. The van der Waals surface area contributed by atoms with Crippen LogP contribution in [-0.2, 0) is 14.6 Å². The van der Waals surface area contributed by atoms with Gasteiger partial charge in [0.2, 0.25) is 5.91 Å². The van der Waals surface area contributed by atoms with Crippen LogP contribution in [0.4, 0.5) is 0 Å². The number of nitrogens with two attached hydrogens (primary N) is 1. The number of amides is 1. The number of hydrogen-bond acceptors (Lipinski definition) is 3. The van der Waals surface area contributed by atoms with Crippen molar-refractivity contribution in [3.63, 3.8) is 0 Å². The van der Waals surface area contributed by atoms with Gasteiger partial charge in [-0.05, 0) is 63.2 Å². The molecule has 0 radical (unpaired) electrons. The lowest BCUT2D eigenvalue weighted by molar-refractivity contribution is -0.130. The standard InChI is InChI=1S/C16H27NO3S/c17-15(18)16(8-5-12-1-2-12)9-6-14(7-10-16)21(19,20)11-13-3-4-13/h12-14H,1-11H2,(H2,17,18).